The van der Waals surface area contributed by atoms with Gasteiger partial charge in [0, 0.05) is 31.9 Å². The maximum Gasteiger partial charge on any atom is 0.272 e. The highest BCUT2D eigenvalue weighted by Crippen LogP contribution is 2.17. The third kappa shape index (κ3) is 3.05. The van der Waals surface area contributed by atoms with Crippen LogP contribution in [0.5, 0.6) is 0 Å². The molecule has 27 heavy (non-hydrogen) atoms. The summed E-state index contributed by atoms with van der Waals surface area (Å²) in [7, 11) is 0. The lowest BCUT2D eigenvalue weighted by Crippen LogP contribution is -2.34. The number of aromatic amines is 1. The average molecular weight is 362 g/mol. The standard InChI is InChI=1S/C20H22N6O/c1-4-25(12-9-16-23-15-8-5-7-13(2)17(15)24-16)19(27)18-14(3)22-20-21-10-6-11-26(18)20/h5-8,10-11H,4,9,12H2,1-3H3,(H,23,24). The maximum absolute atomic E-state index is 13.1. The number of benzene rings is 1. The third-order valence-electron chi connectivity index (χ3n) is 4.83. The molecular formula is C20H22N6O. The Bertz CT molecular complexity index is 1130. The molecule has 0 bridgehead atoms. The molecule has 0 aliphatic heterocycles. The number of amides is 1. The SMILES string of the molecule is CCN(CCc1nc2c(C)cccc2[nH]1)C(=O)c1c(C)nc2ncccn12. The van der Waals surface area contributed by atoms with E-state index in [4.69, 9.17) is 0 Å². The van der Waals surface area contributed by atoms with Crippen LogP contribution in [0, 0.1) is 13.8 Å². The highest BCUT2D eigenvalue weighted by Gasteiger charge is 2.22. The second-order valence-corrected chi connectivity index (χ2v) is 6.62. The molecule has 0 saturated heterocycles. The predicted octanol–water partition coefficient (Wildman–Crippen LogP) is 2.93. The molecule has 7 nitrogen and oxygen atoms in total. The van der Waals surface area contributed by atoms with Crippen LogP contribution in [0.4, 0.5) is 0 Å². The predicted molar refractivity (Wildman–Crippen MR) is 104 cm³/mol. The summed E-state index contributed by atoms with van der Waals surface area (Å²) in [6.07, 6.45) is 4.17. The molecule has 3 aromatic heterocycles. The zero-order valence-electron chi connectivity index (χ0n) is 15.7. The Morgan fingerprint density at radius 2 is 2.07 bits per heavy atom. The summed E-state index contributed by atoms with van der Waals surface area (Å²) >= 11 is 0. The lowest BCUT2D eigenvalue weighted by molar-refractivity contribution is 0.0758. The normalized spacial score (nSPS) is 11.4. The van der Waals surface area contributed by atoms with Crippen LogP contribution in [0.25, 0.3) is 16.8 Å². The summed E-state index contributed by atoms with van der Waals surface area (Å²) in [5.41, 5.74) is 4.43. The number of imidazole rings is 2. The van der Waals surface area contributed by atoms with Crippen LogP contribution in [0.2, 0.25) is 0 Å². The molecule has 0 spiro atoms. The van der Waals surface area contributed by atoms with Gasteiger partial charge >= 0.3 is 0 Å². The number of hydrogen-bond donors (Lipinski definition) is 1. The minimum Gasteiger partial charge on any atom is -0.342 e. The van der Waals surface area contributed by atoms with Gasteiger partial charge in [0.15, 0.2) is 0 Å². The summed E-state index contributed by atoms with van der Waals surface area (Å²) in [5, 5.41) is 0. The van der Waals surface area contributed by atoms with Crippen LogP contribution in [-0.2, 0) is 6.42 Å². The van der Waals surface area contributed by atoms with E-state index in [2.05, 4.69) is 32.9 Å². The van der Waals surface area contributed by atoms with Gasteiger partial charge in [-0.1, -0.05) is 12.1 Å². The smallest absolute Gasteiger partial charge is 0.272 e. The van der Waals surface area contributed by atoms with Crippen molar-refractivity contribution in [3.8, 4) is 0 Å². The Morgan fingerprint density at radius 1 is 1.22 bits per heavy atom. The second kappa shape index (κ2) is 6.83. The van der Waals surface area contributed by atoms with E-state index in [1.807, 2.05) is 37.1 Å². The number of nitrogens with zero attached hydrogens (tertiary/aromatic N) is 5. The number of nitrogens with one attached hydrogen (secondary N) is 1. The maximum atomic E-state index is 13.1. The van der Waals surface area contributed by atoms with Gasteiger partial charge in [-0.2, -0.15) is 0 Å². The van der Waals surface area contributed by atoms with Gasteiger partial charge in [-0.15, -0.1) is 0 Å². The summed E-state index contributed by atoms with van der Waals surface area (Å²) in [4.78, 5) is 31.6. The Balaban J connectivity index is 1.57. The minimum absolute atomic E-state index is 0.0391. The Hall–Kier alpha value is -3.22. The summed E-state index contributed by atoms with van der Waals surface area (Å²) in [5.74, 6) is 1.40. The number of rotatable bonds is 5. The van der Waals surface area contributed by atoms with E-state index in [1.54, 1.807) is 16.7 Å². The highest BCUT2D eigenvalue weighted by molar-refractivity contribution is 5.94. The van der Waals surface area contributed by atoms with Crippen LogP contribution in [-0.4, -0.2) is 48.2 Å². The van der Waals surface area contributed by atoms with Crippen molar-refractivity contribution in [1.82, 2.24) is 29.2 Å². The van der Waals surface area contributed by atoms with Crippen LogP contribution >= 0.6 is 0 Å². The number of likely N-dealkylation sites (N-methyl/N-ethyl adjacent to an activating group) is 1. The van der Waals surface area contributed by atoms with Crippen molar-refractivity contribution in [3.63, 3.8) is 0 Å². The number of fused-ring (bicyclic) bond motifs is 2. The molecule has 1 amide bonds. The molecular weight excluding hydrogens is 340 g/mol. The van der Waals surface area contributed by atoms with Crippen molar-refractivity contribution in [3.05, 3.63) is 59.4 Å². The largest absolute Gasteiger partial charge is 0.342 e. The van der Waals surface area contributed by atoms with Gasteiger partial charge in [-0.25, -0.2) is 15.0 Å². The Labute approximate surface area is 157 Å². The number of carbonyl (C=O) groups is 1. The summed E-state index contributed by atoms with van der Waals surface area (Å²) < 4.78 is 1.75. The average Bonchev–Trinajstić information content (AvgIpc) is 3.22. The van der Waals surface area contributed by atoms with Gasteiger partial charge in [-0.3, -0.25) is 9.20 Å². The lowest BCUT2D eigenvalue weighted by atomic mass is 10.2. The van der Waals surface area contributed by atoms with E-state index < -0.39 is 0 Å². The second-order valence-electron chi connectivity index (χ2n) is 6.62. The molecule has 1 aromatic carbocycles. The molecule has 0 saturated carbocycles. The Morgan fingerprint density at radius 3 is 2.85 bits per heavy atom. The van der Waals surface area contributed by atoms with Gasteiger partial charge < -0.3 is 9.88 Å². The van der Waals surface area contributed by atoms with Gasteiger partial charge in [-0.05, 0) is 38.5 Å². The molecule has 0 aliphatic rings. The van der Waals surface area contributed by atoms with Crippen molar-refractivity contribution >= 4 is 22.7 Å². The molecule has 0 atom stereocenters. The first-order chi connectivity index (χ1) is 13.1. The van der Waals surface area contributed by atoms with Gasteiger partial charge in [0.25, 0.3) is 5.91 Å². The first kappa shape index (κ1) is 17.2. The molecule has 3 heterocycles. The van der Waals surface area contributed by atoms with Crippen LogP contribution in [0.15, 0.2) is 36.7 Å². The van der Waals surface area contributed by atoms with E-state index in [9.17, 15) is 4.79 Å². The molecule has 0 aliphatic carbocycles. The van der Waals surface area contributed by atoms with Crippen molar-refractivity contribution in [1.29, 1.82) is 0 Å². The molecule has 7 heteroatoms. The molecule has 4 rings (SSSR count). The number of carbonyl (C=O) groups excluding carboxylic acids is 1. The first-order valence-electron chi connectivity index (χ1n) is 9.11. The van der Waals surface area contributed by atoms with Gasteiger partial charge in [0.1, 0.15) is 11.5 Å². The van der Waals surface area contributed by atoms with Gasteiger partial charge in [0.2, 0.25) is 5.78 Å². The molecule has 0 fully saturated rings. The molecule has 4 aromatic rings. The van der Waals surface area contributed by atoms with Crippen molar-refractivity contribution in [2.24, 2.45) is 0 Å². The number of hydrogen-bond acceptors (Lipinski definition) is 4. The van der Waals surface area contributed by atoms with Crippen molar-refractivity contribution in [2.75, 3.05) is 13.1 Å². The number of H-pyrrole nitrogens is 1. The summed E-state index contributed by atoms with van der Waals surface area (Å²) in [6, 6.07) is 7.90. The lowest BCUT2D eigenvalue weighted by Gasteiger charge is -2.20. The third-order valence-corrected chi connectivity index (χ3v) is 4.83. The van der Waals surface area contributed by atoms with Crippen LogP contribution in [0.3, 0.4) is 0 Å². The number of para-hydroxylation sites is 1. The van der Waals surface area contributed by atoms with Crippen LogP contribution < -0.4 is 0 Å². The fourth-order valence-electron chi connectivity index (χ4n) is 3.39. The highest BCUT2D eigenvalue weighted by atomic mass is 16.2. The Kier molecular flexibility index (Phi) is 4.35. The minimum atomic E-state index is -0.0391. The van der Waals surface area contributed by atoms with Crippen molar-refractivity contribution in [2.45, 2.75) is 27.2 Å². The van der Waals surface area contributed by atoms with Gasteiger partial charge in [0.05, 0.1) is 16.7 Å². The quantitative estimate of drug-likeness (QED) is 0.592. The van der Waals surface area contributed by atoms with Crippen molar-refractivity contribution < 1.29 is 4.79 Å². The van der Waals surface area contributed by atoms with E-state index in [1.165, 1.54) is 0 Å². The number of aryl methyl sites for hydroxylation is 2. The van der Waals surface area contributed by atoms with E-state index in [-0.39, 0.29) is 5.91 Å². The summed E-state index contributed by atoms with van der Waals surface area (Å²) in [6.45, 7) is 7.08. The van der Waals surface area contributed by atoms with E-state index in [0.29, 0.717) is 36.7 Å². The zero-order chi connectivity index (χ0) is 19.0. The van der Waals surface area contributed by atoms with E-state index >= 15 is 0 Å². The molecule has 138 valence electrons. The molecule has 1 N–H and O–H groups in total. The first-order valence-corrected chi connectivity index (χ1v) is 9.11. The molecule has 0 unspecified atom stereocenters. The van der Waals surface area contributed by atoms with Crippen LogP contribution in [0.1, 0.15) is 34.5 Å². The fraction of sp³-hybridized carbons (Fsp3) is 0.300. The number of aromatic nitrogens is 5. The van der Waals surface area contributed by atoms with E-state index in [0.717, 1.165) is 22.4 Å². The topological polar surface area (TPSA) is 79.2 Å². The fourth-order valence-corrected chi connectivity index (χ4v) is 3.39. The zero-order valence-corrected chi connectivity index (χ0v) is 15.7. The monoisotopic (exact) mass is 362 g/mol. The molecule has 0 radical (unpaired) electrons.